The average molecular weight is 470 g/mol. The first-order chi connectivity index (χ1) is 13.8. The van der Waals surface area contributed by atoms with Gasteiger partial charge < -0.3 is 9.84 Å². The third kappa shape index (κ3) is 3.18. The number of aromatic nitrogens is 2. The second-order valence-corrected chi connectivity index (χ2v) is 10.1. The summed E-state index contributed by atoms with van der Waals surface area (Å²) in [6, 6.07) is 8.15. The van der Waals surface area contributed by atoms with Crippen molar-refractivity contribution in [1.82, 2.24) is 10.1 Å². The van der Waals surface area contributed by atoms with Crippen LogP contribution in [0.1, 0.15) is 63.1 Å². The number of alkyl halides is 3. The lowest BCUT2D eigenvalue weighted by Gasteiger charge is -2.52. The van der Waals surface area contributed by atoms with Crippen molar-refractivity contribution < 1.29 is 17.7 Å². The van der Waals surface area contributed by atoms with Crippen molar-refractivity contribution in [2.75, 3.05) is 11.9 Å². The van der Waals surface area contributed by atoms with Crippen molar-refractivity contribution in [3.05, 3.63) is 40.5 Å². The molecule has 1 heterocycles. The topological polar surface area (TPSA) is 51.0 Å². The third-order valence-electron chi connectivity index (χ3n) is 7.50. The van der Waals surface area contributed by atoms with Crippen molar-refractivity contribution in [3.63, 3.8) is 0 Å². The second kappa shape index (κ2) is 6.46. The van der Waals surface area contributed by atoms with E-state index in [-0.39, 0.29) is 29.6 Å². The molecule has 4 fully saturated rings. The molecule has 1 N–H and O–H groups in total. The Hall–Kier alpha value is -1.57. The van der Waals surface area contributed by atoms with Crippen LogP contribution < -0.4 is 5.32 Å². The van der Waals surface area contributed by atoms with Crippen molar-refractivity contribution in [1.29, 1.82) is 0 Å². The fourth-order valence-electron chi connectivity index (χ4n) is 5.13. The fraction of sp³-hybridized carbons (Fsp3) is 0.619. The lowest BCUT2D eigenvalue weighted by atomic mass is 9.53. The first kappa shape index (κ1) is 19.4. The molecule has 0 radical (unpaired) electrons. The van der Waals surface area contributed by atoms with Crippen LogP contribution in [0.15, 0.2) is 33.3 Å². The van der Waals surface area contributed by atoms with Gasteiger partial charge in [0.2, 0.25) is 5.89 Å². The van der Waals surface area contributed by atoms with Gasteiger partial charge in [0.1, 0.15) is 5.41 Å². The smallest absolute Gasteiger partial charge is 0.384 e. The zero-order chi connectivity index (χ0) is 20.3. The van der Waals surface area contributed by atoms with Crippen LogP contribution in [0.5, 0.6) is 0 Å². The van der Waals surface area contributed by atoms with Crippen LogP contribution in [-0.2, 0) is 10.8 Å². The molecular formula is C21H23BrF3N3O. The third-order valence-corrected chi connectivity index (χ3v) is 7.99. The lowest BCUT2D eigenvalue weighted by molar-refractivity contribution is -0.166. The largest absolute Gasteiger partial charge is 0.403 e. The van der Waals surface area contributed by atoms with Crippen LogP contribution in [0.25, 0.3) is 0 Å². The maximum absolute atomic E-state index is 13.4. The van der Waals surface area contributed by atoms with E-state index in [1.54, 1.807) is 0 Å². The molecule has 0 saturated heterocycles. The summed E-state index contributed by atoms with van der Waals surface area (Å²) in [4.78, 5) is 4.31. The standard InChI is InChI=1S/C21H23BrF3N3O/c22-14-2-1-3-15(12-14)26-13-18-4-7-19(8-5-18,9-6-18)16-27-17(29-28-16)20(10-11-20)21(23,24)25/h1-3,12,26H,4-11,13H2. The quantitative estimate of drug-likeness (QED) is 0.571. The zero-order valence-electron chi connectivity index (χ0n) is 16.0. The predicted octanol–water partition coefficient (Wildman–Crippen LogP) is 6.13. The molecule has 0 aliphatic heterocycles. The van der Waals surface area contributed by atoms with Gasteiger partial charge in [-0.2, -0.15) is 18.2 Å². The minimum Gasteiger partial charge on any atom is -0.384 e. The molecule has 4 aliphatic rings. The van der Waals surface area contributed by atoms with Crippen molar-refractivity contribution >= 4 is 21.6 Å². The van der Waals surface area contributed by atoms with Crippen molar-refractivity contribution in [2.45, 2.75) is 68.4 Å². The number of nitrogens with zero attached hydrogens (tertiary/aromatic N) is 2. The molecule has 0 spiro atoms. The molecule has 4 nitrogen and oxygen atoms in total. The number of halogens is 4. The summed E-state index contributed by atoms with van der Waals surface area (Å²) in [6.45, 7) is 0.911. The number of anilines is 1. The maximum atomic E-state index is 13.4. The van der Waals surface area contributed by atoms with E-state index >= 15 is 0 Å². The zero-order valence-corrected chi connectivity index (χ0v) is 17.6. The maximum Gasteiger partial charge on any atom is 0.403 e. The summed E-state index contributed by atoms with van der Waals surface area (Å²) >= 11 is 3.50. The molecule has 0 unspecified atom stereocenters. The molecule has 2 aromatic rings. The van der Waals surface area contributed by atoms with Gasteiger partial charge in [-0.25, -0.2) is 0 Å². The number of hydrogen-bond donors (Lipinski definition) is 1. The van der Waals surface area contributed by atoms with Gasteiger partial charge in [0.15, 0.2) is 5.82 Å². The Morgan fingerprint density at radius 2 is 1.72 bits per heavy atom. The molecule has 6 rings (SSSR count). The van der Waals surface area contributed by atoms with E-state index in [1.165, 1.54) is 0 Å². The molecule has 4 aliphatic carbocycles. The van der Waals surface area contributed by atoms with Crippen LogP contribution in [0.3, 0.4) is 0 Å². The Morgan fingerprint density at radius 3 is 2.31 bits per heavy atom. The fourth-order valence-corrected chi connectivity index (χ4v) is 5.53. The number of hydrogen-bond acceptors (Lipinski definition) is 4. The van der Waals surface area contributed by atoms with E-state index in [9.17, 15) is 13.2 Å². The van der Waals surface area contributed by atoms with Crippen molar-refractivity contribution in [2.24, 2.45) is 5.41 Å². The number of nitrogens with one attached hydrogen (secondary N) is 1. The highest BCUT2D eigenvalue weighted by Crippen LogP contribution is 2.60. The Morgan fingerprint density at radius 1 is 1.03 bits per heavy atom. The molecule has 4 saturated carbocycles. The molecule has 1 aromatic heterocycles. The summed E-state index contributed by atoms with van der Waals surface area (Å²) in [5, 5.41) is 7.61. The van der Waals surface area contributed by atoms with Gasteiger partial charge in [0.05, 0.1) is 0 Å². The summed E-state index contributed by atoms with van der Waals surface area (Å²) in [5.74, 6) is 0.268. The molecule has 29 heavy (non-hydrogen) atoms. The second-order valence-electron chi connectivity index (χ2n) is 9.15. The SMILES string of the molecule is FC(F)(F)C1(c2nc(C34CCC(CNc5cccc(Br)c5)(CC3)CC4)no2)CC1. The highest BCUT2D eigenvalue weighted by Gasteiger charge is 2.68. The number of rotatable bonds is 5. The monoisotopic (exact) mass is 469 g/mol. The van der Waals surface area contributed by atoms with Crippen molar-refractivity contribution in [3.8, 4) is 0 Å². The Labute approximate surface area is 175 Å². The molecule has 8 heteroatoms. The van der Waals surface area contributed by atoms with Gasteiger partial charge in [-0.05, 0) is 75.0 Å². The van der Waals surface area contributed by atoms with E-state index in [0.717, 1.165) is 55.2 Å². The molecule has 1 aromatic carbocycles. The van der Waals surface area contributed by atoms with Gasteiger partial charge in [0, 0.05) is 22.1 Å². The van der Waals surface area contributed by atoms with Crippen LogP contribution in [-0.4, -0.2) is 22.9 Å². The molecule has 156 valence electrons. The molecule has 2 bridgehead atoms. The van der Waals surface area contributed by atoms with Gasteiger partial charge in [0.25, 0.3) is 0 Å². The summed E-state index contributed by atoms with van der Waals surface area (Å²) in [7, 11) is 0. The lowest BCUT2D eigenvalue weighted by Crippen LogP contribution is -2.47. The van der Waals surface area contributed by atoms with Gasteiger partial charge >= 0.3 is 6.18 Å². The Bertz CT molecular complexity index is 897. The van der Waals surface area contributed by atoms with Gasteiger partial charge in [-0.1, -0.05) is 27.2 Å². The van der Waals surface area contributed by atoms with E-state index in [4.69, 9.17) is 4.52 Å². The van der Waals surface area contributed by atoms with Crippen LogP contribution in [0.4, 0.5) is 18.9 Å². The van der Waals surface area contributed by atoms with E-state index in [1.807, 2.05) is 12.1 Å². The number of benzene rings is 1. The summed E-state index contributed by atoms with van der Waals surface area (Å²) < 4.78 is 46.3. The van der Waals surface area contributed by atoms with Gasteiger partial charge in [-0.3, -0.25) is 0 Å². The van der Waals surface area contributed by atoms with Gasteiger partial charge in [-0.15, -0.1) is 0 Å². The molecular weight excluding hydrogens is 447 g/mol. The van der Waals surface area contributed by atoms with E-state index in [2.05, 4.69) is 43.5 Å². The number of fused-ring (bicyclic) bond motifs is 3. The highest BCUT2D eigenvalue weighted by molar-refractivity contribution is 9.10. The average Bonchev–Trinajstić information content (AvgIpc) is 3.39. The minimum atomic E-state index is -4.32. The highest BCUT2D eigenvalue weighted by atomic mass is 79.9. The Balaban J connectivity index is 1.28. The van der Waals surface area contributed by atoms with Crippen LogP contribution in [0.2, 0.25) is 0 Å². The van der Waals surface area contributed by atoms with E-state index < -0.39 is 11.6 Å². The van der Waals surface area contributed by atoms with E-state index in [0.29, 0.717) is 5.82 Å². The first-order valence-electron chi connectivity index (χ1n) is 10.2. The predicted molar refractivity (Wildman–Crippen MR) is 106 cm³/mol. The molecule has 0 amide bonds. The normalized spacial score (nSPS) is 30.3. The summed E-state index contributed by atoms with van der Waals surface area (Å²) in [5.41, 5.74) is -0.780. The van der Waals surface area contributed by atoms with Crippen LogP contribution >= 0.6 is 15.9 Å². The molecule has 0 atom stereocenters. The van der Waals surface area contributed by atoms with Crippen LogP contribution in [0, 0.1) is 5.41 Å². The summed E-state index contributed by atoms with van der Waals surface area (Å²) in [6.07, 6.45) is 1.60. The minimum absolute atomic E-state index is 0.0511. The Kier molecular flexibility index (Phi) is 4.32. The first-order valence-corrected chi connectivity index (χ1v) is 11.0.